The maximum atomic E-state index is 11.1. The first-order valence-electron chi connectivity index (χ1n) is 6.30. The highest BCUT2D eigenvalue weighted by molar-refractivity contribution is 5.93. The van der Waals surface area contributed by atoms with Gasteiger partial charge < -0.3 is 16.4 Å². The van der Waals surface area contributed by atoms with Crippen LogP contribution in [0.5, 0.6) is 0 Å². The van der Waals surface area contributed by atoms with Crippen LogP contribution in [0.15, 0.2) is 18.3 Å². The number of anilines is 1. The van der Waals surface area contributed by atoms with Crippen LogP contribution in [-0.4, -0.2) is 30.5 Å². The molecule has 0 radical (unpaired) electrons. The zero-order chi connectivity index (χ0) is 13.0. The second-order valence-electron chi connectivity index (χ2n) is 5.24. The second-order valence-corrected chi connectivity index (χ2v) is 5.24. The number of nitrogens with two attached hydrogens (primary N) is 1. The first-order valence-corrected chi connectivity index (χ1v) is 6.30. The van der Waals surface area contributed by atoms with Crippen molar-refractivity contribution in [2.24, 2.45) is 11.1 Å². The van der Waals surface area contributed by atoms with Gasteiger partial charge in [-0.3, -0.25) is 4.79 Å². The van der Waals surface area contributed by atoms with Crippen molar-refractivity contribution in [2.75, 3.05) is 25.0 Å². The zero-order valence-electron chi connectivity index (χ0n) is 10.7. The van der Waals surface area contributed by atoms with Gasteiger partial charge in [-0.2, -0.15) is 0 Å². The summed E-state index contributed by atoms with van der Waals surface area (Å²) in [6, 6.07) is 3.32. The lowest BCUT2D eigenvalue weighted by atomic mass is 9.83. The molecule has 1 unspecified atom stereocenters. The lowest BCUT2D eigenvalue weighted by Gasteiger charge is -2.34. The van der Waals surface area contributed by atoms with E-state index in [0.29, 0.717) is 11.4 Å². The molecule has 98 valence electrons. The van der Waals surface area contributed by atoms with E-state index in [1.54, 1.807) is 18.3 Å². The molecule has 1 aromatic heterocycles. The molecule has 5 heteroatoms. The van der Waals surface area contributed by atoms with Gasteiger partial charge in [0.05, 0.1) is 0 Å². The third-order valence-corrected chi connectivity index (χ3v) is 3.43. The van der Waals surface area contributed by atoms with Crippen LogP contribution in [0.3, 0.4) is 0 Å². The molecule has 2 rings (SSSR count). The molecular weight excluding hydrogens is 228 g/mol. The van der Waals surface area contributed by atoms with E-state index in [4.69, 9.17) is 5.73 Å². The lowest BCUT2D eigenvalue weighted by Crippen LogP contribution is -2.42. The molecule has 1 fully saturated rings. The molecule has 5 nitrogen and oxygen atoms in total. The van der Waals surface area contributed by atoms with Crippen molar-refractivity contribution in [1.29, 1.82) is 0 Å². The Kier molecular flexibility index (Phi) is 3.81. The summed E-state index contributed by atoms with van der Waals surface area (Å²) >= 11 is 0. The quantitative estimate of drug-likeness (QED) is 0.742. The van der Waals surface area contributed by atoms with Crippen LogP contribution in [0.4, 0.5) is 5.82 Å². The van der Waals surface area contributed by atoms with E-state index in [-0.39, 0.29) is 5.41 Å². The number of pyridine rings is 1. The summed E-state index contributed by atoms with van der Waals surface area (Å²) in [7, 11) is 0. The zero-order valence-corrected chi connectivity index (χ0v) is 10.7. The largest absolute Gasteiger partial charge is 0.369 e. The molecule has 4 N–H and O–H groups in total. The number of piperidine rings is 1. The van der Waals surface area contributed by atoms with Gasteiger partial charge in [-0.1, -0.05) is 6.92 Å². The number of primary amides is 1. The Balaban J connectivity index is 1.97. The molecule has 18 heavy (non-hydrogen) atoms. The monoisotopic (exact) mass is 248 g/mol. The predicted molar refractivity (Wildman–Crippen MR) is 71.5 cm³/mol. The molecule has 1 aliphatic heterocycles. The van der Waals surface area contributed by atoms with Crippen molar-refractivity contribution < 1.29 is 4.79 Å². The van der Waals surface area contributed by atoms with E-state index < -0.39 is 5.91 Å². The molecule has 1 aromatic rings. The summed E-state index contributed by atoms with van der Waals surface area (Å²) in [5.41, 5.74) is 5.97. The van der Waals surface area contributed by atoms with Crippen molar-refractivity contribution in [3.8, 4) is 0 Å². The lowest BCUT2D eigenvalue weighted by molar-refractivity contribution is 0.1000. The van der Waals surface area contributed by atoms with Crippen molar-refractivity contribution >= 4 is 11.7 Å². The highest BCUT2D eigenvalue weighted by atomic mass is 16.1. The number of hydrogen-bond acceptors (Lipinski definition) is 4. The van der Waals surface area contributed by atoms with Gasteiger partial charge in [0.25, 0.3) is 0 Å². The molecule has 0 bridgehead atoms. The molecule has 0 aliphatic carbocycles. The summed E-state index contributed by atoms with van der Waals surface area (Å²) in [4.78, 5) is 15.3. The predicted octanol–water partition coefficient (Wildman–Crippen LogP) is 0.982. The van der Waals surface area contributed by atoms with Gasteiger partial charge in [0.15, 0.2) is 0 Å². The van der Waals surface area contributed by atoms with E-state index in [1.165, 1.54) is 12.8 Å². The second kappa shape index (κ2) is 5.35. The summed E-state index contributed by atoms with van der Waals surface area (Å²) in [5, 5.41) is 6.70. The first kappa shape index (κ1) is 12.8. The van der Waals surface area contributed by atoms with Crippen LogP contribution in [-0.2, 0) is 0 Å². The van der Waals surface area contributed by atoms with Gasteiger partial charge in [0.2, 0.25) is 5.91 Å². The minimum atomic E-state index is -0.425. The molecule has 2 heterocycles. The van der Waals surface area contributed by atoms with Crippen LogP contribution in [0.2, 0.25) is 0 Å². The number of nitrogens with one attached hydrogen (secondary N) is 2. The fourth-order valence-electron chi connectivity index (χ4n) is 2.25. The molecule has 0 spiro atoms. The fourth-order valence-corrected chi connectivity index (χ4v) is 2.25. The van der Waals surface area contributed by atoms with Gasteiger partial charge >= 0.3 is 0 Å². The topological polar surface area (TPSA) is 80.0 Å². The van der Waals surface area contributed by atoms with E-state index in [9.17, 15) is 4.79 Å². The molecule has 0 aromatic carbocycles. The SMILES string of the molecule is CC1(CNc2cc(C(N)=O)ccn2)CCCNC1. The maximum Gasteiger partial charge on any atom is 0.248 e. The van der Waals surface area contributed by atoms with Crippen molar-refractivity contribution in [3.05, 3.63) is 23.9 Å². The van der Waals surface area contributed by atoms with Gasteiger partial charge in [-0.05, 0) is 36.9 Å². The highest BCUT2D eigenvalue weighted by Gasteiger charge is 2.26. The Morgan fingerprint density at radius 1 is 1.67 bits per heavy atom. The van der Waals surface area contributed by atoms with Crippen LogP contribution < -0.4 is 16.4 Å². The average Bonchev–Trinajstić information content (AvgIpc) is 2.38. The Labute approximate surface area is 107 Å². The van der Waals surface area contributed by atoms with Gasteiger partial charge in [0.1, 0.15) is 5.82 Å². The average molecular weight is 248 g/mol. The van der Waals surface area contributed by atoms with E-state index >= 15 is 0 Å². The van der Waals surface area contributed by atoms with Crippen molar-refractivity contribution in [3.63, 3.8) is 0 Å². The van der Waals surface area contributed by atoms with Crippen molar-refractivity contribution in [2.45, 2.75) is 19.8 Å². The van der Waals surface area contributed by atoms with Crippen LogP contribution in [0.25, 0.3) is 0 Å². The number of carbonyl (C=O) groups excluding carboxylic acids is 1. The maximum absolute atomic E-state index is 11.1. The molecule has 1 atom stereocenters. The smallest absolute Gasteiger partial charge is 0.248 e. The number of aromatic nitrogens is 1. The summed E-state index contributed by atoms with van der Waals surface area (Å²) in [5.74, 6) is 0.282. The van der Waals surface area contributed by atoms with E-state index in [2.05, 4.69) is 22.5 Å². The standard InChI is InChI=1S/C13H20N4O/c1-13(4-2-5-15-8-13)9-17-11-7-10(12(14)18)3-6-16-11/h3,6-7,15H,2,4-5,8-9H2,1H3,(H2,14,18)(H,16,17). The van der Waals surface area contributed by atoms with Crippen molar-refractivity contribution in [1.82, 2.24) is 10.3 Å². The summed E-state index contributed by atoms with van der Waals surface area (Å²) in [6.45, 7) is 5.21. The Morgan fingerprint density at radius 2 is 2.50 bits per heavy atom. The molecule has 1 aliphatic rings. The van der Waals surface area contributed by atoms with Crippen LogP contribution in [0, 0.1) is 5.41 Å². The Hall–Kier alpha value is -1.62. The fraction of sp³-hybridized carbons (Fsp3) is 0.538. The van der Waals surface area contributed by atoms with E-state index in [0.717, 1.165) is 19.6 Å². The Morgan fingerprint density at radius 3 is 3.17 bits per heavy atom. The summed E-state index contributed by atoms with van der Waals surface area (Å²) in [6.07, 6.45) is 4.00. The molecule has 1 saturated heterocycles. The van der Waals surface area contributed by atoms with Gasteiger partial charge in [-0.25, -0.2) is 4.98 Å². The van der Waals surface area contributed by atoms with Crippen LogP contribution >= 0.6 is 0 Å². The van der Waals surface area contributed by atoms with Gasteiger partial charge in [-0.15, -0.1) is 0 Å². The van der Waals surface area contributed by atoms with Gasteiger partial charge in [0, 0.05) is 24.8 Å². The molecular formula is C13H20N4O. The minimum Gasteiger partial charge on any atom is -0.369 e. The number of amides is 1. The molecule has 1 amide bonds. The number of nitrogens with zero attached hydrogens (tertiary/aromatic N) is 1. The normalized spacial score (nSPS) is 23.6. The summed E-state index contributed by atoms with van der Waals surface area (Å²) < 4.78 is 0. The molecule has 0 saturated carbocycles. The van der Waals surface area contributed by atoms with E-state index in [1.807, 2.05) is 0 Å². The Bertz CT molecular complexity index is 427. The number of rotatable bonds is 4. The van der Waals surface area contributed by atoms with Crippen LogP contribution in [0.1, 0.15) is 30.1 Å². The first-order chi connectivity index (χ1) is 8.59. The minimum absolute atomic E-state index is 0.239. The third-order valence-electron chi connectivity index (χ3n) is 3.43. The third kappa shape index (κ3) is 3.20. The number of hydrogen-bond donors (Lipinski definition) is 3. The number of carbonyl (C=O) groups is 1. The highest BCUT2D eigenvalue weighted by Crippen LogP contribution is 2.25.